The normalized spacial score (nSPS) is 19.3. The maximum absolute atomic E-state index is 13.4. The number of aryl methyl sites for hydroxylation is 1. The summed E-state index contributed by atoms with van der Waals surface area (Å²) in [6, 6.07) is 0.780. The molecular formula is C24H30F6N6O4Si. The number of halogens is 6. The fourth-order valence-corrected chi connectivity index (χ4v) is 5.38. The number of amides is 1. The highest BCUT2D eigenvalue weighted by atomic mass is 28.1. The molecule has 41 heavy (non-hydrogen) atoms. The zero-order valence-corrected chi connectivity index (χ0v) is 24.6. The predicted octanol–water partition coefficient (Wildman–Crippen LogP) is 1.66. The first-order chi connectivity index (χ1) is 19.1. The van der Waals surface area contributed by atoms with Crippen LogP contribution < -0.4 is 15.8 Å². The molecule has 0 spiro atoms. The van der Waals surface area contributed by atoms with Gasteiger partial charge >= 0.3 is 12.4 Å². The van der Waals surface area contributed by atoms with Crippen molar-refractivity contribution in [3.8, 4) is 0 Å². The third-order valence-electron chi connectivity index (χ3n) is 6.79. The second-order valence-corrected chi connectivity index (χ2v) is 12.8. The van der Waals surface area contributed by atoms with Crippen LogP contribution in [0.2, 0.25) is 0 Å². The van der Waals surface area contributed by atoms with Crippen LogP contribution >= 0.6 is 0 Å². The number of piperazine rings is 1. The Labute approximate surface area is 233 Å². The molecule has 10 nitrogen and oxygen atoms in total. The molecule has 0 bridgehead atoms. The fourth-order valence-electron chi connectivity index (χ4n) is 4.90. The monoisotopic (exact) mass is 608 g/mol. The van der Waals surface area contributed by atoms with Crippen molar-refractivity contribution in [1.82, 2.24) is 20.1 Å². The molecular weight excluding hydrogens is 578 g/mol. The summed E-state index contributed by atoms with van der Waals surface area (Å²) in [6.07, 6.45) is -8.48. The Morgan fingerprint density at radius 3 is 2.66 bits per heavy atom. The molecule has 4 rings (SSSR count). The van der Waals surface area contributed by atoms with E-state index in [1.807, 2.05) is 4.90 Å². The van der Waals surface area contributed by atoms with E-state index in [4.69, 9.17) is 9.47 Å². The standard InChI is InChI=1S/C24H30F6N6O4Si/c1-13-16(23(25,26)27)7-14-10-40-11-15-9-35(4-5-36(15)20(14)32-13)18(37)3-6-39-12-22(2,41)33-17-8-31-34-21(38)19(17)24(28,29)30/h7-8,15H,3-6,9-12H2,1-2,41H3,(H2,33,34,38)/t15-,22+/m1/s1. The van der Waals surface area contributed by atoms with Crippen molar-refractivity contribution >= 4 is 27.7 Å². The summed E-state index contributed by atoms with van der Waals surface area (Å²) >= 11 is 0. The van der Waals surface area contributed by atoms with Gasteiger partial charge in [-0.1, -0.05) is 0 Å². The molecule has 226 valence electrons. The van der Waals surface area contributed by atoms with Crippen LogP contribution in [0, 0.1) is 6.92 Å². The molecule has 0 aromatic carbocycles. The lowest BCUT2D eigenvalue weighted by Crippen LogP contribution is -2.56. The van der Waals surface area contributed by atoms with Crippen molar-refractivity contribution < 1.29 is 40.6 Å². The van der Waals surface area contributed by atoms with E-state index in [0.717, 1.165) is 12.3 Å². The molecule has 2 atom stereocenters. The van der Waals surface area contributed by atoms with Gasteiger partial charge in [0.1, 0.15) is 11.4 Å². The first-order valence-electron chi connectivity index (χ1n) is 12.8. The maximum atomic E-state index is 13.4. The van der Waals surface area contributed by atoms with Crippen LogP contribution in [-0.4, -0.2) is 86.9 Å². The molecule has 0 saturated carbocycles. The highest BCUT2D eigenvalue weighted by molar-refractivity contribution is 6.16. The lowest BCUT2D eigenvalue weighted by molar-refractivity contribution is -0.139. The minimum atomic E-state index is -4.88. The van der Waals surface area contributed by atoms with E-state index in [9.17, 15) is 35.9 Å². The van der Waals surface area contributed by atoms with Gasteiger partial charge in [-0.15, -0.1) is 0 Å². The summed E-state index contributed by atoms with van der Waals surface area (Å²) in [6.45, 7) is 4.12. The van der Waals surface area contributed by atoms with Crippen LogP contribution in [0.15, 0.2) is 17.1 Å². The molecule has 4 heterocycles. The van der Waals surface area contributed by atoms with Crippen LogP contribution in [0.25, 0.3) is 0 Å². The number of fused-ring (bicyclic) bond motifs is 3. The van der Waals surface area contributed by atoms with Crippen LogP contribution in [0.5, 0.6) is 0 Å². The zero-order valence-electron chi connectivity index (χ0n) is 22.6. The van der Waals surface area contributed by atoms with Gasteiger partial charge < -0.3 is 24.6 Å². The Balaban J connectivity index is 1.31. The maximum Gasteiger partial charge on any atom is 0.423 e. The van der Waals surface area contributed by atoms with Crippen molar-refractivity contribution in [2.45, 2.75) is 50.4 Å². The molecule has 0 aliphatic carbocycles. The second kappa shape index (κ2) is 11.6. The molecule has 2 N–H and O–H groups in total. The van der Waals surface area contributed by atoms with Crippen molar-refractivity contribution in [3.63, 3.8) is 0 Å². The highest BCUT2D eigenvalue weighted by Gasteiger charge is 2.39. The Kier molecular flexibility index (Phi) is 8.70. The quantitative estimate of drug-likeness (QED) is 0.278. The molecule has 2 aliphatic rings. The number of pyridine rings is 1. The fraction of sp³-hybridized carbons (Fsp3) is 0.583. The van der Waals surface area contributed by atoms with Gasteiger partial charge in [0.2, 0.25) is 5.91 Å². The van der Waals surface area contributed by atoms with E-state index in [1.54, 1.807) is 16.9 Å². The van der Waals surface area contributed by atoms with Crippen molar-refractivity contribution in [2.75, 3.05) is 49.7 Å². The number of rotatable bonds is 7. The van der Waals surface area contributed by atoms with E-state index in [2.05, 4.69) is 15.4 Å². The summed E-state index contributed by atoms with van der Waals surface area (Å²) in [7, 11) is 0.343. The number of carbonyl (C=O) groups excluding carboxylic acids is 1. The SMILES string of the molecule is Cc1nc2c(cc1C(F)(F)F)COC[C@H]1CN(C(=O)CCOC[C@](C)([SiH3])Nc3cn[nH]c(=O)c3C(F)(F)F)CCN21. The lowest BCUT2D eigenvalue weighted by Gasteiger charge is -2.41. The van der Waals surface area contributed by atoms with Gasteiger partial charge in [0.15, 0.2) is 0 Å². The molecule has 1 fully saturated rings. The molecule has 2 aliphatic heterocycles. The molecule has 0 radical (unpaired) electrons. The first kappa shape index (κ1) is 30.8. The number of ether oxygens (including phenoxy) is 2. The van der Waals surface area contributed by atoms with Crippen LogP contribution in [0.4, 0.5) is 37.8 Å². The molecule has 2 aromatic rings. The predicted molar refractivity (Wildman–Crippen MR) is 139 cm³/mol. The van der Waals surface area contributed by atoms with Crippen molar-refractivity contribution in [1.29, 1.82) is 0 Å². The van der Waals surface area contributed by atoms with Gasteiger partial charge in [-0.3, -0.25) is 9.59 Å². The van der Waals surface area contributed by atoms with Crippen LogP contribution in [-0.2, 0) is 33.2 Å². The third-order valence-corrected chi connectivity index (χ3v) is 7.32. The molecule has 0 unspecified atom stereocenters. The topological polar surface area (TPSA) is 113 Å². The number of carbonyl (C=O) groups is 1. The Morgan fingerprint density at radius 2 is 1.98 bits per heavy atom. The van der Waals surface area contributed by atoms with E-state index in [-0.39, 0.29) is 57.0 Å². The van der Waals surface area contributed by atoms with Gasteiger partial charge in [0.05, 0.1) is 62.0 Å². The molecule has 2 aromatic heterocycles. The largest absolute Gasteiger partial charge is 0.423 e. The number of hydrogen-bond acceptors (Lipinski definition) is 8. The third kappa shape index (κ3) is 7.18. The van der Waals surface area contributed by atoms with Gasteiger partial charge in [0, 0.05) is 40.6 Å². The molecule has 1 amide bonds. The van der Waals surface area contributed by atoms with E-state index >= 15 is 0 Å². The van der Waals surface area contributed by atoms with Crippen LogP contribution in [0.1, 0.15) is 35.7 Å². The van der Waals surface area contributed by atoms with Crippen LogP contribution in [0.3, 0.4) is 0 Å². The minimum absolute atomic E-state index is 0.0113. The van der Waals surface area contributed by atoms with Crippen molar-refractivity contribution in [3.05, 3.63) is 45.0 Å². The summed E-state index contributed by atoms with van der Waals surface area (Å²) in [5.74, 6) is 0.225. The molecule has 17 heteroatoms. The van der Waals surface area contributed by atoms with Crippen molar-refractivity contribution in [2.24, 2.45) is 0 Å². The highest BCUT2D eigenvalue weighted by Crippen LogP contribution is 2.36. The average molecular weight is 609 g/mol. The number of hydrogen-bond donors (Lipinski definition) is 2. The smallest absolute Gasteiger partial charge is 0.379 e. The van der Waals surface area contributed by atoms with Gasteiger partial charge in [0.25, 0.3) is 5.56 Å². The summed E-state index contributed by atoms with van der Waals surface area (Å²) in [5, 5.41) is 7.02. The number of alkyl halides is 6. The Hall–Kier alpha value is -3.18. The number of nitrogens with zero attached hydrogens (tertiary/aromatic N) is 4. The number of aromatic amines is 1. The number of H-pyrrole nitrogens is 1. The van der Waals surface area contributed by atoms with Gasteiger partial charge in [-0.25, -0.2) is 10.1 Å². The van der Waals surface area contributed by atoms with E-state index in [0.29, 0.717) is 34.7 Å². The van der Waals surface area contributed by atoms with Gasteiger partial charge in [-0.05, 0) is 19.9 Å². The summed E-state index contributed by atoms with van der Waals surface area (Å²) in [5.41, 5.74) is -3.77. The summed E-state index contributed by atoms with van der Waals surface area (Å²) < 4.78 is 91.3. The number of aromatic nitrogens is 3. The van der Waals surface area contributed by atoms with E-state index < -0.39 is 39.9 Å². The van der Waals surface area contributed by atoms with E-state index in [1.165, 1.54) is 6.92 Å². The summed E-state index contributed by atoms with van der Waals surface area (Å²) in [4.78, 5) is 32.3. The second-order valence-electron chi connectivity index (χ2n) is 10.6. The average Bonchev–Trinajstić information content (AvgIpc) is 3.02. The number of nitrogens with one attached hydrogen (secondary N) is 2. The Bertz CT molecular complexity index is 1340. The number of anilines is 2. The minimum Gasteiger partial charge on any atom is -0.379 e. The zero-order chi connectivity index (χ0) is 30.2. The first-order valence-corrected chi connectivity index (χ1v) is 13.8. The van der Waals surface area contributed by atoms with Gasteiger partial charge in [-0.2, -0.15) is 31.4 Å². The molecule has 1 saturated heterocycles. The Morgan fingerprint density at radius 1 is 1.24 bits per heavy atom. The lowest BCUT2D eigenvalue weighted by atomic mass is 10.1.